The van der Waals surface area contributed by atoms with Crippen molar-refractivity contribution < 1.29 is 23.8 Å². The van der Waals surface area contributed by atoms with Crippen molar-refractivity contribution in [1.29, 1.82) is 0 Å². The predicted molar refractivity (Wildman–Crippen MR) is 135 cm³/mol. The number of halogens is 1. The molecule has 1 aliphatic heterocycles. The monoisotopic (exact) mass is 492 g/mol. The molecule has 0 saturated carbocycles. The summed E-state index contributed by atoms with van der Waals surface area (Å²) in [4.78, 5) is 14.6. The van der Waals surface area contributed by atoms with Crippen molar-refractivity contribution in [3.8, 4) is 0 Å². The first-order valence-corrected chi connectivity index (χ1v) is 12.5. The van der Waals surface area contributed by atoms with Gasteiger partial charge in [-0.3, -0.25) is 0 Å². The molecule has 4 unspecified atom stereocenters. The van der Waals surface area contributed by atoms with Crippen molar-refractivity contribution in [2.75, 3.05) is 13.1 Å². The Kier molecular flexibility index (Phi) is 7.59. The van der Waals surface area contributed by atoms with E-state index in [0.717, 1.165) is 16.3 Å². The first kappa shape index (κ1) is 25.4. The highest BCUT2D eigenvalue weighted by molar-refractivity contribution is 6.12. The molecule has 1 amide bonds. The van der Waals surface area contributed by atoms with Crippen LogP contribution in [0.4, 0.5) is 9.18 Å². The maximum Gasteiger partial charge on any atom is 0.410 e. The molecule has 4 rings (SSSR count). The fourth-order valence-electron chi connectivity index (χ4n) is 4.30. The molecule has 4 atom stereocenters. The summed E-state index contributed by atoms with van der Waals surface area (Å²) in [7, 11) is 3.55. The van der Waals surface area contributed by atoms with E-state index in [0.29, 0.717) is 18.5 Å². The number of ether oxygens (including phenoxy) is 2. The van der Waals surface area contributed by atoms with Gasteiger partial charge in [0.1, 0.15) is 11.4 Å². The van der Waals surface area contributed by atoms with Crippen LogP contribution in [0.5, 0.6) is 0 Å². The summed E-state index contributed by atoms with van der Waals surface area (Å²) >= 11 is 0. The minimum atomic E-state index is -1.18. The molecule has 3 radical (unpaired) electrons. The summed E-state index contributed by atoms with van der Waals surface area (Å²) in [5.41, 5.74) is 0.812. The number of amides is 1. The molecular formula is C28H31FNO4Si. The second-order valence-electron chi connectivity index (χ2n) is 9.72. The second kappa shape index (κ2) is 10.5. The standard InChI is InChI=1S/C28H31FNO4Si/c1-18(35)28(2,3)34-27(32)30-15-14-24(20-10-12-23(29)13-11-20)25(17-30)33-26(31)22-9-8-19-6-4-5-7-21(19)16-22/h4-13,16,18,24-26,31H,14-15,17H2,1-3H3. The third-order valence-electron chi connectivity index (χ3n) is 6.87. The van der Waals surface area contributed by atoms with Crippen LogP contribution in [-0.2, 0) is 9.47 Å². The Labute approximate surface area is 209 Å². The molecule has 0 aliphatic carbocycles. The van der Waals surface area contributed by atoms with E-state index in [1.165, 1.54) is 12.1 Å². The minimum Gasteiger partial charge on any atom is -0.443 e. The Morgan fingerprint density at radius 2 is 1.80 bits per heavy atom. The van der Waals surface area contributed by atoms with Gasteiger partial charge in [0.15, 0.2) is 6.29 Å². The number of aliphatic hydroxyl groups excluding tert-OH is 1. The molecule has 0 spiro atoms. The van der Waals surface area contributed by atoms with E-state index < -0.39 is 24.1 Å². The van der Waals surface area contributed by atoms with Gasteiger partial charge in [0.05, 0.1) is 12.6 Å². The largest absolute Gasteiger partial charge is 0.443 e. The summed E-state index contributed by atoms with van der Waals surface area (Å²) in [6, 6.07) is 19.9. The van der Waals surface area contributed by atoms with Crippen LogP contribution in [0.15, 0.2) is 66.7 Å². The molecule has 1 N–H and O–H groups in total. The van der Waals surface area contributed by atoms with Crippen molar-refractivity contribution in [2.45, 2.75) is 56.6 Å². The molecule has 3 aromatic carbocycles. The minimum absolute atomic E-state index is 0.0371. The maximum atomic E-state index is 13.6. The number of carbonyl (C=O) groups excluding carboxylic acids is 1. The van der Waals surface area contributed by atoms with Crippen LogP contribution in [0.25, 0.3) is 10.8 Å². The number of benzene rings is 3. The third kappa shape index (κ3) is 5.91. The first-order valence-electron chi connectivity index (χ1n) is 11.9. The van der Waals surface area contributed by atoms with Crippen LogP contribution >= 0.6 is 0 Å². The molecular weight excluding hydrogens is 461 g/mol. The van der Waals surface area contributed by atoms with Gasteiger partial charge in [0.2, 0.25) is 0 Å². The van der Waals surface area contributed by atoms with E-state index in [1.54, 1.807) is 17.0 Å². The molecule has 0 aromatic heterocycles. The van der Waals surface area contributed by atoms with Crippen LogP contribution < -0.4 is 0 Å². The Morgan fingerprint density at radius 1 is 1.11 bits per heavy atom. The van der Waals surface area contributed by atoms with Gasteiger partial charge in [-0.2, -0.15) is 0 Å². The quantitative estimate of drug-likeness (QED) is 0.352. The van der Waals surface area contributed by atoms with Crippen LogP contribution in [-0.4, -0.2) is 51.1 Å². The van der Waals surface area contributed by atoms with Crippen molar-refractivity contribution in [3.05, 3.63) is 83.7 Å². The second-order valence-corrected chi connectivity index (χ2v) is 10.6. The Balaban J connectivity index is 1.56. The lowest BCUT2D eigenvalue weighted by Crippen LogP contribution is -2.49. The molecule has 1 heterocycles. The maximum absolute atomic E-state index is 13.6. The molecule has 0 bridgehead atoms. The van der Waals surface area contributed by atoms with E-state index in [1.807, 2.05) is 63.2 Å². The van der Waals surface area contributed by atoms with E-state index in [4.69, 9.17) is 9.47 Å². The number of nitrogens with zero attached hydrogens (tertiary/aromatic N) is 1. The van der Waals surface area contributed by atoms with Gasteiger partial charge < -0.3 is 19.5 Å². The fourth-order valence-corrected chi connectivity index (χ4v) is 4.35. The van der Waals surface area contributed by atoms with E-state index in [9.17, 15) is 14.3 Å². The Bertz CT molecular complexity index is 1170. The number of hydrogen-bond acceptors (Lipinski definition) is 4. The molecule has 1 fully saturated rings. The third-order valence-corrected chi connectivity index (χ3v) is 7.57. The van der Waals surface area contributed by atoms with Crippen LogP contribution in [0.1, 0.15) is 50.5 Å². The predicted octanol–water partition coefficient (Wildman–Crippen LogP) is 5.74. The van der Waals surface area contributed by atoms with Gasteiger partial charge in [0, 0.05) is 28.3 Å². The average Bonchev–Trinajstić information content (AvgIpc) is 2.84. The molecule has 3 aromatic rings. The SMILES string of the molecule is CC([Si])C(C)(C)OC(=O)N1CCC(c2ccc(F)cc2)C(OC(O)c2ccc3ccccc3c2)C1. The van der Waals surface area contributed by atoms with E-state index in [-0.39, 0.29) is 23.8 Å². The summed E-state index contributed by atoms with van der Waals surface area (Å²) in [5, 5.41) is 13.1. The summed E-state index contributed by atoms with van der Waals surface area (Å²) < 4.78 is 25.5. The smallest absolute Gasteiger partial charge is 0.410 e. The highest BCUT2D eigenvalue weighted by Gasteiger charge is 2.37. The lowest BCUT2D eigenvalue weighted by atomic mass is 9.87. The number of fused-ring (bicyclic) bond motifs is 1. The van der Waals surface area contributed by atoms with Gasteiger partial charge in [0.25, 0.3) is 0 Å². The molecule has 35 heavy (non-hydrogen) atoms. The van der Waals surface area contributed by atoms with Crippen LogP contribution in [0, 0.1) is 5.82 Å². The van der Waals surface area contributed by atoms with Crippen LogP contribution in [0.3, 0.4) is 0 Å². The molecule has 5 nitrogen and oxygen atoms in total. The number of carbonyl (C=O) groups is 1. The van der Waals surface area contributed by atoms with Crippen molar-refractivity contribution in [3.63, 3.8) is 0 Å². The number of aliphatic hydroxyl groups is 1. The molecule has 7 heteroatoms. The van der Waals surface area contributed by atoms with Gasteiger partial charge >= 0.3 is 6.09 Å². The number of likely N-dealkylation sites (tertiary alicyclic amines) is 1. The molecule has 1 aliphatic rings. The highest BCUT2D eigenvalue weighted by Crippen LogP contribution is 2.35. The molecule has 1 saturated heterocycles. The van der Waals surface area contributed by atoms with Crippen molar-refractivity contribution >= 4 is 27.1 Å². The van der Waals surface area contributed by atoms with Crippen LogP contribution in [0.2, 0.25) is 5.54 Å². The summed E-state index contributed by atoms with van der Waals surface area (Å²) in [6.07, 6.45) is -1.51. The zero-order chi connectivity index (χ0) is 25.2. The fraction of sp³-hybridized carbons (Fsp3) is 0.393. The number of hydrogen-bond donors (Lipinski definition) is 1. The lowest BCUT2D eigenvalue weighted by Gasteiger charge is -2.40. The Hall–Kier alpha value is -2.74. The van der Waals surface area contributed by atoms with Gasteiger partial charge in [-0.1, -0.05) is 55.5 Å². The number of rotatable bonds is 6. The van der Waals surface area contributed by atoms with Crippen molar-refractivity contribution in [2.24, 2.45) is 0 Å². The summed E-state index contributed by atoms with van der Waals surface area (Å²) in [6.45, 7) is 6.35. The van der Waals surface area contributed by atoms with E-state index >= 15 is 0 Å². The zero-order valence-electron chi connectivity index (χ0n) is 20.3. The average molecular weight is 493 g/mol. The topological polar surface area (TPSA) is 59.0 Å². The Morgan fingerprint density at radius 3 is 2.49 bits per heavy atom. The van der Waals surface area contributed by atoms with Gasteiger partial charge in [-0.15, -0.1) is 0 Å². The zero-order valence-corrected chi connectivity index (χ0v) is 21.3. The summed E-state index contributed by atoms with van der Waals surface area (Å²) in [5.74, 6) is -0.424. The number of piperidine rings is 1. The van der Waals surface area contributed by atoms with Crippen molar-refractivity contribution in [1.82, 2.24) is 4.90 Å². The normalized spacial score (nSPS) is 20.5. The first-order chi connectivity index (χ1) is 16.6. The lowest BCUT2D eigenvalue weighted by molar-refractivity contribution is -0.159. The van der Waals surface area contributed by atoms with E-state index in [2.05, 4.69) is 10.2 Å². The highest BCUT2D eigenvalue weighted by atomic mass is 28.1. The van der Waals surface area contributed by atoms with Gasteiger partial charge in [-0.25, -0.2) is 9.18 Å². The molecule has 183 valence electrons. The van der Waals surface area contributed by atoms with Gasteiger partial charge in [-0.05, 0) is 60.3 Å².